The highest BCUT2D eigenvalue weighted by Crippen LogP contribution is 2.04. The van der Waals surface area contributed by atoms with Gasteiger partial charge >= 0.3 is 0 Å². The molecule has 0 fully saturated rings. The van der Waals surface area contributed by atoms with E-state index in [4.69, 9.17) is 0 Å². The van der Waals surface area contributed by atoms with Crippen molar-refractivity contribution in [2.45, 2.75) is 19.3 Å². The number of hydrogen-bond donors (Lipinski definition) is 0. The summed E-state index contributed by atoms with van der Waals surface area (Å²) < 4.78 is 0. The van der Waals surface area contributed by atoms with Crippen molar-refractivity contribution in [3.05, 3.63) is 48.0 Å². The van der Waals surface area contributed by atoms with Crippen molar-refractivity contribution in [3.8, 4) is 0 Å². The number of rotatable bonds is 5. The van der Waals surface area contributed by atoms with Crippen LogP contribution >= 0.6 is 0 Å². The summed E-state index contributed by atoms with van der Waals surface area (Å²) in [5.41, 5.74) is 1.36. The van der Waals surface area contributed by atoms with Crippen LogP contribution in [0.15, 0.2) is 42.5 Å². The zero-order valence-electron chi connectivity index (χ0n) is 7.65. The molecule has 1 aromatic carbocycles. The SMILES string of the molecule is O=C/C=C/CCCc1ccccc1. The molecular formula is C12H14O. The fraction of sp³-hybridized carbons (Fsp3) is 0.250. The van der Waals surface area contributed by atoms with E-state index in [0.29, 0.717) is 0 Å². The maximum Gasteiger partial charge on any atom is 0.142 e. The van der Waals surface area contributed by atoms with Crippen LogP contribution in [-0.2, 0) is 11.2 Å². The van der Waals surface area contributed by atoms with Crippen molar-refractivity contribution in [2.24, 2.45) is 0 Å². The lowest BCUT2D eigenvalue weighted by Crippen LogP contribution is -1.82. The molecule has 0 atom stereocenters. The number of carbonyl (C=O) groups is 1. The minimum Gasteiger partial charge on any atom is -0.299 e. The molecule has 13 heavy (non-hydrogen) atoms. The molecule has 0 radical (unpaired) electrons. The quantitative estimate of drug-likeness (QED) is 0.381. The Hall–Kier alpha value is -1.37. The molecule has 0 saturated heterocycles. The maximum atomic E-state index is 9.95. The highest BCUT2D eigenvalue weighted by molar-refractivity contribution is 5.64. The lowest BCUT2D eigenvalue weighted by molar-refractivity contribution is -0.104. The summed E-state index contributed by atoms with van der Waals surface area (Å²) in [5, 5.41) is 0. The Bertz CT molecular complexity index is 262. The third kappa shape index (κ3) is 4.26. The van der Waals surface area contributed by atoms with E-state index in [-0.39, 0.29) is 0 Å². The van der Waals surface area contributed by atoms with Crippen LogP contribution in [0.3, 0.4) is 0 Å². The Labute approximate surface area is 79.1 Å². The van der Waals surface area contributed by atoms with Crippen molar-refractivity contribution in [1.82, 2.24) is 0 Å². The zero-order chi connectivity index (χ0) is 9.36. The summed E-state index contributed by atoms with van der Waals surface area (Å²) in [4.78, 5) is 9.95. The number of unbranched alkanes of at least 4 members (excludes halogenated alkanes) is 1. The molecule has 1 aromatic rings. The third-order valence-electron chi connectivity index (χ3n) is 1.89. The molecule has 0 N–H and O–H groups in total. The monoisotopic (exact) mass is 174 g/mol. The van der Waals surface area contributed by atoms with E-state index < -0.39 is 0 Å². The van der Waals surface area contributed by atoms with Gasteiger partial charge in [0, 0.05) is 0 Å². The maximum absolute atomic E-state index is 9.95. The van der Waals surface area contributed by atoms with Gasteiger partial charge in [-0.05, 0) is 30.9 Å². The minimum absolute atomic E-state index is 0.822. The number of allylic oxidation sites excluding steroid dienone is 2. The van der Waals surface area contributed by atoms with Crippen molar-refractivity contribution in [3.63, 3.8) is 0 Å². The van der Waals surface area contributed by atoms with Crippen molar-refractivity contribution in [2.75, 3.05) is 0 Å². The Morgan fingerprint density at radius 2 is 1.92 bits per heavy atom. The molecule has 0 spiro atoms. The van der Waals surface area contributed by atoms with Gasteiger partial charge in [0.2, 0.25) is 0 Å². The fourth-order valence-electron chi connectivity index (χ4n) is 1.22. The van der Waals surface area contributed by atoms with Gasteiger partial charge in [-0.15, -0.1) is 0 Å². The highest BCUT2D eigenvalue weighted by atomic mass is 16.1. The van der Waals surface area contributed by atoms with Crippen LogP contribution in [0.5, 0.6) is 0 Å². The van der Waals surface area contributed by atoms with Crippen LogP contribution in [0.4, 0.5) is 0 Å². The van der Waals surface area contributed by atoms with Crippen LogP contribution in [0.1, 0.15) is 18.4 Å². The minimum atomic E-state index is 0.822. The van der Waals surface area contributed by atoms with Gasteiger partial charge in [0.25, 0.3) is 0 Å². The summed E-state index contributed by atoms with van der Waals surface area (Å²) >= 11 is 0. The van der Waals surface area contributed by atoms with E-state index in [1.807, 2.05) is 12.1 Å². The van der Waals surface area contributed by atoms with Crippen LogP contribution in [-0.4, -0.2) is 6.29 Å². The van der Waals surface area contributed by atoms with Gasteiger partial charge in [-0.2, -0.15) is 0 Å². The summed E-state index contributed by atoms with van der Waals surface area (Å²) in [6, 6.07) is 10.4. The Balaban J connectivity index is 2.20. The average molecular weight is 174 g/mol. The van der Waals surface area contributed by atoms with Crippen LogP contribution in [0.25, 0.3) is 0 Å². The van der Waals surface area contributed by atoms with Crippen molar-refractivity contribution >= 4 is 6.29 Å². The molecule has 0 heterocycles. The van der Waals surface area contributed by atoms with Gasteiger partial charge in [-0.3, -0.25) is 4.79 Å². The first kappa shape index (κ1) is 9.72. The second kappa shape index (κ2) is 6.18. The molecule has 0 amide bonds. The molecule has 1 nitrogen and oxygen atoms in total. The van der Waals surface area contributed by atoms with Gasteiger partial charge in [0.15, 0.2) is 0 Å². The lowest BCUT2D eigenvalue weighted by Gasteiger charge is -1.97. The predicted octanol–water partition coefficient (Wildman–Crippen LogP) is 2.76. The fourth-order valence-corrected chi connectivity index (χ4v) is 1.22. The first-order valence-corrected chi connectivity index (χ1v) is 4.57. The summed E-state index contributed by atoms with van der Waals surface area (Å²) in [5.74, 6) is 0. The third-order valence-corrected chi connectivity index (χ3v) is 1.89. The molecule has 68 valence electrons. The first-order valence-electron chi connectivity index (χ1n) is 4.57. The molecule has 0 aliphatic rings. The number of aldehydes is 1. The second-order valence-electron chi connectivity index (χ2n) is 2.94. The average Bonchev–Trinajstić information content (AvgIpc) is 2.19. The predicted molar refractivity (Wildman–Crippen MR) is 54.6 cm³/mol. The molecular weight excluding hydrogens is 160 g/mol. The summed E-state index contributed by atoms with van der Waals surface area (Å²) in [6.07, 6.45) is 7.47. The Morgan fingerprint density at radius 3 is 2.62 bits per heavy atom. The largest absolute Gasteiger partial charge is 0.299 e. The number of carbonyl (C=O) groups excluding carboxylic acids is 1. The highest BCUT2D eigenvalue weighted by Gasteiger charge is 1.88. The Kier molecular flexibility index (Phi) is 4.62. The Morgan fingerprint density at radius 1 is 1.15 bits per heavy atom. The van der Waals surface area contributed by atoms with Gasteiger partial charge in [-0.1, -0.05) is 36.4 Å². The van der Waals surface area contributed by atoms with Crippen LogP contribution in [0, 0.1) is 0 Å². The van der Waals surface area contributed by atoms with Gasteiger partial charge in [0.1, 0.15) is 6.29 Å². The number of hydrogen-bond acceptors (Lipinski definition) is 1. The standard InChI is InChI=1S/C12H14O/c13-11-7-2-1-4-8-12-9-5-3-6-10-12/h2-3,5-7,9-11H,1,4,8H2/b7-2+. The van der Waals surface area contributed by atoms with Crippen LogP contribution in [0.2, 0.25) is 0 Å². The topological polar surface area (TPSA) is 17.1 Å². The van der Waals surface area contributed by atoms with E-state index >= 15 is 0 Å². The molecule has 0 aliphatic carbocycles. The summed E-state index contributed by atoms with van der Waals surface area (Å²) in [6.45, 7) is 0. The molecule has 0 aromatic heterocycles. The second-order valence-corrected chi connectivity index (χ2v) is 2.94. The van der Waals surface area contributed by atoms with Crippen molar-refractivity contribution in [1.29, 1.82) is 0 Å². The molecule has 0 saturated carbocycles. The molecule has 0 bridgehead atoms. The molecule has 0 unspecified atom stereocenters. The molecule has 1 heteroatoms. The van der Waals surface area contributed by atoms with E-state index in [0.717, 1.165) is 25.5 Å². The summed E-state index contributed by atoms with van der Waals surface area (Å²) in [7, 11) is 0. The molecule has 1 rings (SSSR count). The van der Waals surface area contributed by atoms with E-state index in [2.05, 4.69) is 24.3 Å². The normalized spacial score (nSPS) is 10.5. The zero-order valence-corrected chi connectivity index (χ0v) is 7.65. The smallest absolute Gasteiger partial charge is 0.142 e. The van der Waals surface area contributed by atoms with Crippen molar-refractivity contribution < 1.29 is 4.79 Å². The number of aryl methyl sites for hydroxylation is 1. The van der Waals surface area contributed by atoms with Gasteiger partial charge < -0.3 is 0 Å². The number of benzene rings is 1. The van der Waals surface area contributed by atoms with E-state index in [9.17, 15) is 4.79 Å². The lowest BCUT2D eigenvalue weighted by atomic mass is 10.1. The van der Waals surface area contributed by atoms with Gasteiger partial charge in [-0.25, -0.2) is 0 Å². The first-order chi connectivity index (χ1) is 6.43. The van der Waals surface area contributed by atoms with Gasteiger partial charge in [0.05, 0.1) is 0 Å². The van der Waals surface area contributed by atoms with E-state index in [1.165, 1.54) is 5.56 Å². The molecule has 0 aliphatic heterocycles. The van der Waals surface area contributed by atoms with E-state index in [1.54, 1.807) is 6.08 Å². The van der Waals surface area contributed by atoms with Crippen LogP contribution < -0.4 is 0 Å².